The zero-order chi connectivity index (χ0) is 28.0. The van der Waals surface area contributed by atoms with Crippen LogP contribution < -0.4 is 27.4 Å². The minimum Gasteiger partial charge on any atom is -0.481 e. The number of hydrogen-bond donors (Lipinski definition) is 8. The van der Waals surface area contributed by atoms with Crippen LogP contribution in [0.25, 0.3) is 0 Å². The van der Waals surface area contributed by atoms with Crippen molar-refractivity contribution in [3.63, 3.8) is 0 Å². The van der Waals surface area contributed by atoms with Gasteiger partial charge in [-0.25, -0.2) is 9.78 Å². The molecule has 4 atom stereocenters. The van der Waals surface area contributed by atoms with Gasteiger partial charge in [-0.15, -0.1) is 0 Å². The van der Waals surface area contributed by atoms with Crippen LogP contribution in [-0.4, -0.2) is 91.9 Å². The van der Waals surface area contributed by atoms with Gasteiger partial charge in [-0.2, -0.15) is 11.8 Å². The molecule has 0 aliphatic carbocycles. The number of imidazole rings is 1. The van der Waals surface area contributed by atoms with Gasteiger partial charge < -0.3 is 42.6 Å². The van der Waals surface area contributed by atoms with Gasteiger partial charge in [0.05, 0.1) is 12.4 Å². The molecule has 16 heteroatoms. The van der Waals surface area contributed by atoms with E-state index in [0.717, 1.165) is 0 Å². The maximum absolute atomic E-state index is 13.0. The summed E-state index contributed by atoms with van der Waals surface area (Å²) in [6.45, 7) is 0. The molecule has 0 fully saturated rings. The van der Waals surface area contributed by atoms with Crippen LogP contribution in [0.1, 0.15) is 37.8 Å². The fourth-order valence-electron chi connectivity index (χ4n) is 3.13. The fourth-order valence-corrected chi connectivity index (χ4v) is 3.61. The first kappa shape index (κ1) is 31.4. The summed E-state index contributed by atoms with van der Waals surface area (Å²) in [6, 6.07) is -5.01. The van der Waals surface area contributed by atoms with E-state index in [2.05, 4.69) is 25.9 Å². The Labute approximate surface area is 216 Å². The first-order valence-corrected chi connectivity index (χ1v) is 12.7. The molecule has 206 valence electrons. The number of carboxylic acids is 2. The number of nitrogens with two attached hydrogens (primary N) is 2. The highest BCUT2D eigenvalue weighted by Crippen LogP contribution is 2.07. The van der Waals surface area contributed by atoms with E-state index in [9.17, 15) is 33.9 Å². The lowest BCUT2D eigenvalue weighted by atomic mass is 10.1. The van der Waals surface area contributed by atoms with E-state index in [1.807, 2.05) is 0 Å². The number of aromatic amines is 1. The number of carbonyl (C=O) groups excluding carboxylic acids is 4. The third-order valence-electron chi connectivity index (χ3n) is 5.15. The summed E-state index contributed by atoms with van der Waals surface area (Å²) in [6.07, 6.45) is 3.59. The first-order valence-electron chi connectivity index (χ1n) is 11.3. The zero-order valence-electron chi connectivity index (χ0n) is 20.3. The predicted octanol–water partition coefficient (Wildman–Crippen LogP) is -2.30. The Morgan fingerprint density at radius 2 is 1.51 bits per heavy atom. The minimum absolute atomic E-state index is 0.0831. The number of thioether (sulfide) groups is 1. The van der Waals surface area contributed by atoms with Gasteiger partial charge in [0.2, 0.25) is 23.6 Å². The van der Waals surface area contributed by atoms with Crippen molar-refractivity contribution >= 4 is 47.3 Å². The van der Waals surface area contributed by atoms with Crippen molar-refractivity contribution in [1.82, 2.24) is 25.9 Å². The van der Waals surface area contributed by atoms with Crippen molar-refractivity contribution < 1.29 is 39.0 Å². The topological polar surface area (TPSA) is 260 Å². The highest BCUT2D eigenvalue weighted by molar-refractivity contribution is 7.98. The summed E-state index contributed by atoms with van der Waals surface area (Å²) in [4.78, 5) is 78.6. The average Bonchev–Trinajstić information content (AvgIpc) is 3.33. The number of H-pyrrole nitrogens is 1. The Balaban J connectivity index is 2.95. The molecule has 4 amide bonds. The van der Waals surface area contributed by atoms with Gasteiger partial charge >= 0.3 is 11.9 Å². The van der Waals surface area contributed by atoms with Crippen molar-refractivity contribution in [3.05, 3.63) is 18.2 Å². The van der Waals surface area contributed by atoms with Gasteiger partial charge in [-0.3, -0.25) is 24.0 Å². The van der Waals surface area contributed by atoms with E-state index in [0.29, 0.717) is 11.4 Å². The maximum atomic E-state index is 13.0. The Hall–Kier alpha value is -3.66. The molecule has 1 aromatic rings. The second kappa shape index (κ2) is 16.2. The maximum Gasteiger partial charge on any atom is 0.326 e. The van der Waals surface area contributed by atoms with E-state index in [-0.39, 0.29) is 32.1 Å². The quantitative estimate of drug-likeness (QED) is 0.0976. The molecule has 0 saturated heterocycles. The van der Waals surface area contributed by atoms with Crippen molar-refractivity contribution in [2.75, 3.05) is 12.0 Å². The van der Waals surface area contributed by atoms with Crippen molar-refractivity contribution in [2.45, 2.75) is 62.7 Å². The fraction of sp³-hybridized carbons (Fsp3) is 0.571. The smallest absolute Gasteiger partial charge is 0.326 e. The number of aromatic nitrogens is 2. The number of nitrogens with one attached hydrogen (secondary N) is 4. The molecule has 4 unspecified atom stereocenters. The normalized spacial score (nSPS) is 14.0. The van der Waals surface area contributed by atoms with Crippen LogP contribution in [0.3, 0.4) is 0 Å². The monoisotopic (exact) mass is 543 g/mol. The number of hydrogen-bond acceptors (Lipinski definition) is 9. The molecule has 1 heterocycles. The third kappa shape index (κ3) is 12.2. The van der Waals surface area contributed by atoms with Gasteiger partial charge in [0.1, 0.15) is 18.1 Å². The van der Waals surface area contributed by atoms with E-state index in [4.69, 9.17) is 16.6 Å². The molecule has 0 aliphatic rings. The second-order valence-corrected chi connectivity index (χ2v) is 9.11. The van der Waals surface area contributed by atoms with Gasteiger partial charge in [0.15, 0.2) is 0 Å². The molecule has 0 saturated carbocycles. The highest BCUT2D eigenvalue weighted by Gasteiger charge is 2.30. The molecule has 0 radical (unpaired) electrons. The van der Waals surface area contributed by atoms with Gasteiger partial charge in [-0.1, -0.05) is 0 Å². The van der Waals surface area contributed by atoms with Gasteiger partial charge in [0, 0.05) is 31.2 Å². The molecule has 37 heavy (non-hydrogen) atoms. The molecule has 15 nitrogen and oxygen atoms in total. The van der Waals surface area contributed by atoms with Crippen molar-refractivity contribution in [1.29, 1.82) is 0 Å². The molecule has 0 bridgehead atoms. The molecule has 0 spiro atoms. The molecule has 0 aromatic carbocycles. The average molecular weight is 544 g/mol. The lowest BCUT2D eigenvalue weighted by Crippen LogP contribution is -2.57. The predicted molar refractivity (Wildman–Crippen MR) is 132 cm³/mol. The number of rotatable bonds is 18. The summed E-state index contributed by atoms with van der Waals surface area (Å²) in [5.41, 5.74) is 11.5. The summed E-state index contributed by atoms with van der Waals surface area (Å²) < 4.78 is 0. The van der Waals surface area contributed by atoms with Crippen LogP contribution >= 0.6 is 11.8 Å². The van der Waals surface area contributed by atoms with Crippen LogP contribution in [0, 0.1) is 0 Å². The number of aliphatic carboxylic acids is 2. The molecule has 10 N–H and O–H groups in total. The number of primary amides is 1. The lowest BCUT2D eigenvalue weighted by Gasteiger charge is -2.25. The molecule has 0 aliphatic heterocycles. The first-order chi connectivity index (χ1) is 17.4. The standard InChI is InChI=1S/C21H33N7O8S/c1-37-7-6-14(20(34)28-15(21(35)36)2-4-16(23)29)27-19(33)13(3-5-17(30)31)26-18(32)12(22)8-11-9-24-10-25-11/h9-10,12-15H,2-8,22H2,1H3,(H2,23,29)(H,24,25)(H,26,32)(H,27,33)(H,28,34)(H,30,31)(H,35,36). The molecule has 1 aromatic heterocycles. The third-order valence-corrected chi connectivity index (χ3v) is 5.79. The van der Waals surface area contributed by atoms with Gasteiger partial charge in [-0.05, 0) is 31.3 Å². The zero-order valence-corrected chi connectivity index (χ0v) is 21.1. The number of nitrogens with zero attached hydrogens (tertiary/aromatic N) is 1. The van der Waals surface area contributed by atoms with Crippen molar-refractivity contribution in [3.8, 4) is 0 Å². The second-order valence-electron chi connectivity index (χ2n) is 8.13. The van der Waals surface area contributed by atoms with Crippen LogP contribution in [0.5, 0.6) is 0 Å². The van der Waals surface area contributed by atoms with E-state index < -0.39 is 66.2 Å². The Kier molecular flexibility index (Phi) is 13.7. The highest BCUT2D eigenvalue weighted by atomic mass is 32.2. The minimum atomic E-state index is -1.42. The largest absolute Gasteiger partial charge is 0.481 e. The molecule has 1 rings (SSSR count). The Bertz CT molecular complexity index is 943. The number of carboxylic acid groups (broad SMARTS) is 2. The SMILES string of the molecule is CSCCC(NC(=O)C(CCC(=O)O)NC(=O)C(N)Cc1cnc[nH]1)C(=O)NC(CCC(N)=O)C(=O)O. The van der Waals surface area contributed by atoms with Crippen molar-refractivity contribution in [2.24, 2.45) is 11.5 Å². The van der Waals surface area contributed by atoms with Crippen LogP contribution in [0.2, 0.25) is 0 Å². The number of carbonyl (C=O) groups is 6. The van der Waals surface area contributed by atoms with Crippen LogP contribution in [0.15, 0.2) is 12.5 Å². The summed E-state index contributed by atoms with van der Waals surface area (Å²) in [5.74, 6) is -5.30. The molecular weight excluding hydrogens is 510 g/mol. The summed E-state index contributed by atoms with van der Waals surface area (Å²) >= 11 is 1.37. The van der Waals surface area contributed by atoms with E-state index >= 15 is 0 Å². The van der Waals surface area contributed by atoms with Gasteiger partial charge in [0.25, 0.3) is 0 Å². The lowest BCUT2D eigenvalue weighted by molar-refractivity contribution is -0.142. The van der Waals surface area contributed by atoms with Crippen LogP contribution in [-0.2, 0) is 35.2 Å². The Morgan fingerprint density at radius 1 is 0.946 bits per heavy atom. The summed E-state index contributed by atoms with van der Waals surface area (Å²) in [5, 5.41) is 25.6. The molecular formula is C21H33N7O8S. The van der Waals surface area contributed by atoms with E-state index in [1.165, 1.54) is 24.3 Å². The summed E-state index contributed by atoms with van der Waals surface area (Å²) in [7, 11) is 0. The number of amides is 4. The van der Waals surface area contributed by atoms with E-state index in [1.54, 1.807) is 6.26 Å². The Morgan fingerprint density at radius 3 is 2.03 bits per heavy atom. The van der Waals surface area contributed by atoms with Crippen LogP contribution in [0.4, 0.5) is 0 Å².